The van der Waals surface area contributed by atoms with Crippen LogP contribution < -0.4 is 5.32 Å². The van der Waals surface area contributed by atoms with Gasteiger partial charge in [-0.25, -0.2) is 4.98 Å². The second-order valence-corrected chi connectivity index (χ2v) is 6.49. The fraction of sp³-hybridized carbons (Fsp3) is 0.263. The normalized spacial score (nSPS) is 16.9. The number of benzene rings is 1. The minimum absolute atomic E-state index is 0.0839. The van der Waals surface area contributed by atoms with Crippen molar-refractivity contribution in [1.82, 2.24) is 20.1 Å². The molecule has 0 spiro atoms. The van der Waals surface area contributed by atoms with Gasteiger partial charge in [0, 0.05) is 25.0 Å². The van der Waals surface area contributed by atoms with Crippen molar-refractivity contribution in [3.05, 3.63) is 54.9 Å². The molecule has 1 saturated heterocycles. The van der Waals surface area contributed by atoms with Crippen molar-refractivity contribution in [2.24, 2.45) is 5.92 Å². The van der Waals surface area contributed by atoms with Crippen molar-refractivity contribution in [3.63, 3.8) is 0 Å². The third-order valence-corrected chi connectivity index (χ3v) is 4.69. The fourth-order valence-electron chi connectivity index (χ4n) is 3.25. The number of likely N-dealkylation sites (tertiary alicyclic amines) is 1. The van der Waals surface area contributed by atoms with Crippen molar-refractivity contribution in [1.29, 1.82) is 0 Å². The maximum absolute atomic E-state index is 12.6. The number of piperidine rings is 1. The van der Waals surface area contributed by atoms with E-state index in [1.54, 1.807) is 11.1 Å². The Bertz CT molecular complexity index is 903. The van der Waals surface area contributed by atoms with Crippen molar-refractivity contribution < 1.29 is 14.0 Å². The highest BCUT2D eigenvalue weighted by Crippen LogP contribution is 2.22. The fourth-order valence-corrected chi connectivity index (χ4v) is 3.25. The van der Waals surface area contributed by atoms with Gasteiger partial charge in [-0.05, 0) is 36.6 Å². The average Bonchev–Trinajstić information content (AvgIpc) is 3.42. The lowest BCUT2D eigenvalue weighted by Crippen LogP contribution is -2.43. The highest BCUT2D eigenvalue weighted by atomic mass is 16.3. The van der Waals surface area contributed by atoms with Gasteiger partial charge in [-0.1, -0.05) is 12.1 Å². The van der Waals surface area contributed by atoms with Gasteiger partial charge >= 0.3 is 0 Å². The summed E-state index contributed by atoms with van der Waals surface area (Å²) >= 11 is 0. The van der Waals surface area contributed by atoms with Crippen LogP contribution in [0.15, 0.2) is 53.5 Å². The minimum atomic E-state index is -0.252. The van der Waals surface area contributed by atoms with Gasteiger partial charge in [0.15, 0.2) is 6.39 Å². The molecular formula is C19H19N5O3. The lowest BCUT2D eigenvalue weighted by molar-refractivity contribution is -0.121. The third-order valence-electron chi connectivity index (χ3n) is 4.69. The van der Waals surface area contributed by atoms with E-state index in [0.717, 1.165) is 29.8 Å². The van der Waals surface area contributed by atoms with Gasteiger partial charge in [0.2, 0.25) is 11.7 Å². The second kappa shape index (κ2) is 7.45. The maximum atomic E-state index is 12.6. The van der Waals surface area contributed by atoms with Crippen LogP contribution in [0.5, 0.6) is 0 Å². The molecule has 2 aromatic heterocycles. The number of oxazole rings is 1. The predicted molar refractivity (Wildman–Crippen MR) is 97.8 cm³/mol. The molecule has 8 nitrogen and oxygen atoms in total. The highest BCUT2D eigenvalue weighted by Gasteiger charge is 2.30. The zero-order chi connectivity index (χ0) is 18.6. The number of H-pyrrole nitrogens is 1. The summed E-state index contributed by atoms with van der Waals surface area (Å²) in [6.45, 7) is 0.986. The molecule has 0 aliphatic carbocycles. The van der Waals surface area contributed by atoms with Crippen LogP contribution >= 0.6 is 0 Å². The van der Waals surface area contributed by atoms with Crippen LogP contribution in [0.2, 0.25) is 0 Å². The van der Waals surface area contributed by atoms with Crippen molar-refractivity contribution in [3.8, 4) is 11.3 Å². The molecule has 3 heterocycles. The first-order valence-corrected chi connectivity index (χ1v) is 8.79. The molecule has 0 radical (unpaired) electrons. The Labute approximate surface area is 155 Å². The molecule has 4 rings (SSSR count). The number of hydrogen-bond donors (Lipinski definition) is 2. The van der Waals surface area contributed by atoms with E-state index in [1.807, 2.05) is 30.3 Å². The molecule has 1 fully saturated rings. The summed E-state index contributed by atoms with van der Waals surface area (Å²) in [5.41, 5.74) is 2.63. The molecule has 1 atom stereocenters. The molecule has 8 heteroatoms. The highest BCUT2D eigenvalue weighted by molar-refractivity contribution is 5.95. The van der Waals surface area contributed by atoms with E-state index >= 15 is 0 Å². The van der Waals surface area contributed by atoms with Gasteiger partial charge in [0.25, 0.3) is 5.91 Å². The van der Waals surface area contributed by atoms with E-state index in [-0.39, 0.29) is 23.5 Å². The first kappa shape index (κ1) is 17.0. The minimum Gasteiger partial charge on any atom is -0.438 e. The first-order valence-electron chi connectivity index (χ1n) is 8.79. The summed E-state index contributed by atoms with van der Waals surface area (Å²) in [6, 6.07) is 9.44. The van der Waals surface area contributed by atoms with Crippen LogP contribution in [0.25, 0.3) is 11.3 Å². The van der Waals surface area contributed by atoms with Crippen molar-refractivity contribution in [2.75, 3.05) is 18.4 Å². The number of anilines is 1. The van der Waals surface area contributed by atoms with Crippen LogP contribution in [0.1, 0.15) is 23.4 Å². The number of nitrogens with zero attached hydrogens (tertiary/aromatic N) is 3. The Kier molecular flexibility index (Phi) is 4.69. The Morgan fingerprint density at radius 3 is 2.78 bits per heavy atom. The summed E-state index contributed by atoms with van der Waals surface area (Å²) in [4.78, 5) is 30.4. The quantitative estimate of drug-likeness (QED) is 0.739. The lowest BCUT2D eigenvalue weighted by Gasteiger charge is -2.31. The molecule has 3 aromatic rings. The Morgan fingerprint density at radius 1 is 1.22 bits per heavy atom. The Morgan fingerprint density at radius 2 is 2.07 bits per heavy atom. The van der Waals surface area contributed by atoms with Gasteiger partial charge in [0.1, 0.15) is 0 Å². The third kappa shape index (κ3) is 3.74. The van der Waals surface area contributed by atoms with Crippen LogP contribution in [0.4, 0.5) is 5.69 Å². The molecule has 1 aromatic carbocycles. The molecule has 1 unspecified atom stereocenters. The summed E-state index contributed by atoms with van der Waals surface area (Å²) in [5, 5.41) is 9.78. The van der Waals surface area contributed by atoms with E-state index < -0.39 is 0 Å². The number of aromatic nitrogens is 3. The molecule has 0 saturated carbocycles. The number of aromatic amines is 1. The SMILES string of the molecule is O=C(Nc1ccc(-c2ccn[nH]2)cc1)C1CCCN(C(=O)c2cnco2)C1. The summed E-state index contributed by atoms with van der Waals surface area (Å²) in [7, 11) is 0. The summed E-state index contributed by atoms with van der Waals surface area (Å²) in [6.07, 6.45) is 5.84. The number of nitrogens with one attached hydrogen (secondary N) is 2. The second-order valence-electron chi connectivity index (χ2n) is 6.49. The number of amides is 2. The molecule has 2 amide bonds. The smallest absolute Gasteiger partial charge is 0.291 e. The van der Waals surface area contributed by atoms with E-state index in [2.05, 4.69) is 20.5 Å². The molecule has 138 valence electrons. The standard InChI is InChI=1S/C19H19N5O3/c25-18(22-15-5-3-13(4-6-15)16-7-8-21-23-16)14-2-1-9-24(11-14)19(26)17-10-20-12-27-17/h3-8,10,12,14H,1-2,9,11H2,(H,21,23)(H,22,25). The predicted octanol–water partition coefficient (Wildman–Crippen LogP) is 2.56. The zero-order valence-corrected chi connectivity index (χ0v) is 14.6. The lowest BCUT2D eigenvalue weighted by atomic mass is 9.96. The van der Waals surface area contributed by atoms with E-state index in [0.29, 0.717) is 13.1 Å². The molecule has 0 bridgehead atoms. The molecule has 1 aliphatic heterocycles. The van der Waals surface area contributed by atoms with Crippen LogP contribution in [-0.4, -0.2) is 45.0 Å². The van der Waals surface area contributed by atoms with Gasteiger partial charge < -0.3 is 14.6 Å². The van der Waals surface area contributed by atoms with Crippen molar-refractivity contribution in [2.45, 2.75) is 12.8 Å². The number of carbonyl (C=O) groups is 2. The van der Waals surface area contributed by atoms with Gasteiger partial charge in [-0.15, -0.1) is 0 Å². The molecule has 1 aliphatic rings. The van der Waals surface area contributed by atoms with Gasteiger partial charge in [-0.3, -0.25) is 14.7 Å². The van der Waals surface area contributed by atoms with Crippen molar-refractivity contribution >= 4 is 17.5 Å². The first-order chi connectivity index (χ1) is 13.2. The topological polar surface area (TPSA) is 104 Å². The number of rotatable bonds is 4. The van der Waals surface area contributed by atoms with E-state index in [1.165, 1.54) is 12.6 Å². The largest absolute Gasteiger partial charge is 0.438 e. The molecular weight excluding hydrogens is 346 g/mol. The van der Waals surface area contributed by atoms with Gasteiger partial charge in [-0.2, -0.15) is 5.10 Å². The monoisotopic (exact) mass is 365 g/mol. The van der Waals surface area contributed by atoms with Crippen LogP contribution in [0.3, 0.4) is 0 Å². The number of carbonyl (C=O) groups excluding carboxylic acids is 2. The van der Waals surface area contributed by atoms with E-state index in [9.17, 15) is 9.59 Å². The maximum Gasteiger partial charge on any atom is 0.291 e. The summed E-state index contributed by atoms with van der Waals surface area (Å²) < 4.78 is 5.07. The Balaban J connectivity index is 1.38. The number of hydrogen-bond acceptors (Lipinski definition) is 5. The zero-order valence-electron chi connectivity index (χ0n) is 14.6. The van der Waals surface area contributed by atoms with E-state index in [4.69, 9.17) is 4.42 Å². The van der Waals surface area contributed by atoms with Crippen LogP contribution in [-0.2, 0) is 4.79 Å². The molecule has 27 heavy (non-hydrogen) atoms. The summed E-state index contributed by atoms with van der Waals surface area (Å²) in [5.74, 6) is -0.364. The van der Waals surface area contributed by atoms with Gasteiger partial charge in [0.05, 0.1) is 17.8 Å². The Hall–Kier alpha value is -3.42. The molecule has 2 N–H and O–H groups in total. The van der Waals surface area contributed by atoms with Crippen LogP contribution in [0, 0.1) is 5.92 Å². The average molecular weight is 365 g/mol.